The summed E-state index contributed by atoms with van der Waals surface area (Å²) in [4.78, 5) is 15.7. The second kappa shape index (κ2) is 7.82. The highest BCUT2D eigenvalue weighted by Crippen LogP contribution is 2.28. The van der Waals surface area contributed by atoms with Gasteiger partial charge in [0.05, 0.1) is 16.8 Å². The zero-order valence-electron chi connectivity index (χ0n) is 13.4. The molecule has 0 saturated carbocycles. The quantitative estimate of drug-likeness (QED) is 0.491. The molecule has 0 atom stereocenters. The van der Waals surface area contributed by atoms with E-state index in [9.17, 15) is 9.90 Å². The number of hydrogen-bond acceptors (Lipinski definition) is 6. The van der Waals surface area contributed by atoms with Crippen LogP contribution in [0.2, 0.25) is 10.0 Å². The molecule has 1 heterocycles. The number of carboxylic acid groups (broad SMARTS) is 1. The third-order valence-corrected chi connectivity index (χ3v) is 4.77. The molecule has 0 radical (unpaired) electrons. The summed E-state index contributed by atoms with van der Waals surface area (Å²) in [5.41, 5.74) is 1.24. The van der Waals surface area contributed by atoms with E-state index in [1.54, 1.807) is 25.2 Å². The van der Waals surface area contributed by atoms with Crippen molar-refractivity contribution in [2.24, 2.45) is 5.10 Å². The van der Waals surface area contributed by atoms with E-state index in [1.807, 2.05) is 18.2 Å². The number of halogens is 2. The zero-order valence-corrected chi connectivity index (χ0v) is 15.8. The van der Waals surface area contributed by atoms with E-state index in [0.29, 0.717) is 26.6 Å². The van der Waals surface area contributed by atoms with Crippen LogP contribution in [-0.2, 0) is 0 Å². The summed E-state index contributed by atoms with van der Waals surface area (Å²) < 4.78 is 4.30. The molecule has 0 unspecified atom stereocenters. The van der Waals surface area contributed by atoms with Gasteiger partial charge in [0.15, 0.2) is 5.82 Å². The smallest absolute Gasteiger partial charge is 0.336 e. The van der Waals surface area contributed by atoms with Crippen LogP contribution in [0.5, 0.6) is 0 Å². The Balaban J connectivity index is 1.83. The molecule has 6 nitrogen and oxygen atoms in total. The summed E-state index contributed by atoms with van der Waals surface area (Å²) in [5.74, 6) is -0.566. The van der Waals surface area contributed by atoms with Crippen molar-refractivity contribution in [3.05, 3.63) is 63.6 Å². The van der Waals surface area contributed by atoms with Gasteiger partial charge >= 0.3 is 5.97 Å². The van der Waals surface area contributed by atoms with Crippen LogP contribution in [0.4, 0.5) is 5.13 Å². The normalized spacial score (nSPS) is 11.0. The molecule has 3 aromatic rings. The van der Waals surface area contributed by atoms with Crippen LogP contribution in [-0.4, -0.2) is 33.7 Å². The Bertz CT molecular complexity index is 990. The second-order valence-corrected chi connectivity index (χ2v) is 6.76. The van der Waals surface area contributed by atoms with Crippen molar-refractivity contribution in [3.8, 4) is 11.4 Å². The molecule has 26 heavy (non-hydrogen) atoms. The van der Waals surface area contributed by atoms with Crippen molar-refractivity contribution in [2.45, 2.75) is 0 Å². The number of rotatable bonds is 5. The molecule has 1 aromatic heterocycles. The van der Waals surface area contributed by atoms with Gasteiger partial charge in [-0.25, -0.2) is 9.80 Å². The molecule has 132 valence electrons. The minimum absolute atomic E-state index is 0.0728. The topological polar surface area (TPSA) is 78.7 Å². The fraction of sp³-hybridized carbons (Fsp3) is 0.0588. The summed E-state index contributed by atoms with van der Waals surface area (Å²) in [6, 6.07) is 11.9. The van der Waals surface area contributed by atoms with E-state index in [-0.39, 0.29) is 5.56 Å². The first-order valence-corrected chi connectivity index (χ1v) is 8.88. The third-order valence-electron chi connectivity index (χ3n) is 3.42. The third kappa shape index (κ3) is 4.01. The van der Waals surface area contributed by atoms with Crippen molar-refractivity contribution >= 4 is 52.0 Å². The van der Waals surface area contributed by atoms with Gasteiger partial charge in [0.25, 0.3) is 0 Å². The Kier molecular flexibility index (Phi) is 5.51. The maximum atomic E-state index is 11.3. The van der Waals surface area contributed by atoms with Gasteiger partial charge in [-0.2, -0.15) is 14.5 Å². The maximum Gasteiger partial charge on any atom is 0.336 e. The van der Waals surface area contributed by atoms with E-state index >= 15 is 0 Å². The summed E-state index contributed by atoms with van der Waals surface area (Å²) in [6.07, 6.45) is 1.44. The summed E-state index contributed by atoms with van der Waals surface area (Å²) in [6.45, 7) is 0. The number of carboxylic acids is 1. The predicted octanol–water partition coefficient (Wildman–Crippen LogP) is 4.68. The number of nitrogens with zero attached hydrogens (tertiary/aromatic N) is 4. The van der Waals surface area contributed by atoms with Gasteiger partial charge in [0.1, 0.15) is 0 Å². The molecule has 0 saturated heterocycles. The van der Waals surface area contributed by atoms with Gasteiger partial charge in [-0.05, 0) is 24.3 Å². The summed E-state index contributed by atoms with van der Waals surface area (Å²) in [5, 5.41) is 16.5. The Hall–Kier alpha value is -2.48. The lowest BCUT2D eigenvalue weighted by atomic mass is 10.1. The number of anilines is 1. The van der Waals surface area contributed by atoms with Gasteiger partial charge < -0.3 is 5.11 Å². The number of aromatic carboxylic acids is 1. The van der Waals surface area contributed by atoms with Crippen molar-refractivity contribution in [3.63, 3.8) is 0 Å². The lowest BCUT2D eigenvalue weighted by molar-refractivity contribution is 0.0696. The van der Waals surface area contributed by atoms with Crippen molar-refractivity contribution < 1.29 is 9.90 Å². The van der Waals surface area contributed by atoms with Crippen molar-refractivity contribution in [1.82, 2.24) is 9.36 Å². The predicted molar refractivity (Wildman–Crippen MR) is 105 cm³/mol. The molecule has 0 aliphatic heterocycles. The molecule has 2 aromatic carbocycles. The first-order chi connectivity index (χ1) is 12.5. The molecule has 0 spiro atoms. The largest absolute Gasteiger partial charge is 0.478 e. The number of aromatic nitrogens is 2. The molecule has 0 fully saturated rings. The van der Waals surface area contributed by atoms with Crippen molar-refractivity contribution in [1.29, 1.82) is 0 Å². The van der Waals surface area contributed by atoms with E-state index in [1.165, 1.54) is 17.3 Å². The van der Waals surface area contributed by atoms with Crippen LogP contribution in [0.1, 0.15) is 15.9 Å². The average Bonchev–Trinajstić information content (AvgIpc) is 3.10. The summed E-state index contributed by atoms with van der Waals surface area (Å²) in [7, 11) is 1.70. The highest BCUT2D eigenvalue weighted by Gasteiger charge is 2.13. The van der Waals surface area contributed by atoms with Crippen molar-refractivity contribution in [2.75, 3.05) is 12.1 Å². The number of hydrazone groups is 1. The molecule has 0 bridgehead atoms. The van der Waals surface area contributed by atoms with E-state index in [2.05, 4.69) is 14.5 Å². The van der Waals surface area contributed by atoms with Gasteiger partial charge in [-0.3, -0.25) is 0 Å². The number of benzene rings is 2. The van der Waals surface area contributed by atoms with E-state index in [0.717, 1.165) is 17.1 Å². The van der Waals surface area contributed by atoms with Gasteiger partial charge in [-0.1, -0.05) is 41.4 Å². The van der Waals surface area contributed by atoms with E-state index < -0.39 is 5.97 Å². The lowest BCUT2D eigenvalue weighted by Gasteiger charge is -2.08. The molecular weight excluding hydrogens is 395 g/mol. The molecule has 9 heteroatoms. The Morgan fingerprint density at radius 3 is 2.77 bits per heavy atom. The molecule has 0 aliphatic rings. The van der Waals surface area contributed by atoms with Crippen LogP contribution >= 0.6 is 34.7 Å². The molecule has 3 rings (SSSR count). The average molecular weight is 407 g/mol. The fourth-order valence-electron chi connectivity index (χ4n) is 2.12. The van der Waals surface area contributed by atoms with Gasteiger partial charge in [0, 0.05) is 34.7 Å². The van der Waals surface area contributed by atoms with Crippen LogP contribution in [0, 0.1) is 0 Å². The van der Waals surface area contributed by atoms with E-state index in [4.69, 9.17) is 23.2 Å². The number of hydrogen-bond donors (Lipinski definition) is 1. The van der Waals surface area contributed by atoms with Crippen LogP contribution in [0.25, 0.3) is 11.4 Å². The monoisotopic (exact) mass is 406 g/mol. The molecule has 1 N–H and O–H groups in total. The highest BCUT2D eigenvalue weighted by atomic mass is 35.5. The number of carbonyl (C=O) groups is 1. The molecule has 0 aliphatic carbocycles. The maximum absolute atomic E-state index is 11.3. The van der Waals surface area contributed by atoms with Crippen LogP contribution < -0.4 is 5.01 Å². The second-order valence-electron chi connectivity index (χ2n) is 5.19. The summed E-state index contributed by atoms with van der Waals surface area (Å²) >= 11 is 13.2. The molecule has 0 amide bonds. The fourth-order valence-corrected chi connectivity index (χ4v) is 3.12. The van der Waals surface area contributed by atoms with Crippen LogP contribution in [0.15, 0.2) is 47.6 Å². The first kappa shape index (κ1) is 18.3. The lowest BCUT2D eigenvalue weighted by Crippen LogP contribution is -2.10. The van der Waals surface area contributed by atoms with Crippen LogP contribution in [0.3, 0.4) is 0 Å². The minimum Gasteiger partial charge on any atom is -0.478 e. The molecular formula is C17H12Cl2N4O2S. The van der Waals surface area contributed by atoms with Gasteiger partial charge in [-0.15, -0.1) is 0 Å². The Morgan fingerprint density at radius 2 is 2.04 bits per heavy atom. The SMILES string of the molecule is CN(/N=C/c1ccc(Cl)cc1C(=O)O)c1nc(-c2ccccc2Cl)ns1. The Morgan fingerprint density at radius 1 is 1.27 bits per heavy atom. The first-order valence-electron chi connectivity index (χ1n) is 7.35. The highest BCUT2D eigenvalue weighted by molar-refractivity contribution is 7.09. The Labute approximate surface area is 163 Å². The van der Waals surface area contributed by atoms with Gasteiger partial charge in [0.2, 0.25) is 5.13 Å². The zero-order chi connectivity index (χ0) is 18.7. The minimum atomic E-state index is -1.08. The standard InChI is InChI=1S/C17H12Cl2N4O2S/c1-23(20-9-10-6-7-11(18)8-13(10)16(24)25)17-21-15(22-26-17)12-4-2-3-5-14(12)19/h2-9H,1H3,(H,24,25)/b20-9+.